The number of amides is 2. The second kappa shape index (κ2) is 11.0. The molecule has 0 bridgehead atoms. The summed E-state index contributed by atoms with van der Waals surface area (Å²) in [5, 5.41) is 14.0. The molecule has 2 amide bonds. The van der Waals surface area contributed by atoms with Gasteiger partial charge in [0, 0.05) is 22.6 Å². The van der Waals surface area contributed by atoms with E-state index < -0.39 is 23.4 Å². The summed E-state index contributed by atoms with van der Waals surface area (Å²) in [6.45, 7) is 0. The summed E-state index contributed by atoms with van der Waals surface area (Å²) >= 11 is 0. The zero-order valence-electron chi connectivity index (χ0n) is 19.5. The van der Waals surface area contributed by atoms with E-state index in [1.54, 1.807) is 79.9 Å². The Kier molecular flexibility index (Phi) is 7.35. The first-order valence-electron chi connectivity index (χ1n) is 10.9. The number of nitrogens with one attached hydrogen (secondary N) is 3. The molecule has 1 atom stereocenters. The molecule has 182 valence electrons. The molecule has 1 heterocycles. The summed E-state index contributed by atoms with van der Waals surface area (Å²) in [5.74, 6) is -0.0522. The second-order valence-corrected chi connectivity index (χ2v) is 7.60. The lowest BCUT2D eigenvalue weighted by atomic mass is 10.0. The van der Waals surface area contributed by atoms with Crippen LogP contribution in [0, 0.1) is 0 Å². The van der Waals surface area contributed by atoms with Crippen LogP contribution in [0.5, 0.6) is 11.5 Å². The number of fused-ring (bicyclic) bond motifs is 1. The highest BCUT2D eigenvalue weighted by Crippen LogP contribution is 2.23. The Morgan fingerprint density at radius 3 is 2.42 bits per heavy atom. The summed E-state index contributed by atoms with van der Waals surface area (Å²) in [5.41, 5.74) is 3.15. The van der Waals surface area contributed by atoms with E-state index in [9.17, 15) is 14.4 Å². The number of hydrogen-bond donors (Lipinski definition) is 3. The number of rotatable bonds is 8. The van der Waals surface area contributed by atoms with Gasteiger partial charge in [-0.25, -0.2) is 10.5 Å². The van der Waals surface area contributed by atoms with E-state index >= 15 is 0 Å². The number of nitrogens with zero attached hydrogens (tertiary/aromatic N) is 2. The third-order valence-electron chi connectivity index (χ3n) is 5.39. The van der Waals surface area contributed by atoms with Gasteiger partial charge in [0.2, 0.25) is 0 Å². The third-order valence-corrected chi connectivity index (χ3v) is 5.39. The van der Waals surface area contributed by atoms with E-state index in [0.29, 0.717) is 33.4 Å². The lowest BCUT2D eigenvalue weighted by Gasteiger charge is -2.18. The van der Waals surface area contributed by atoms with Crippen molar-refractivity contribution in [2.45, 2.75) is 6.04 Å². The van der Waals surface area contributed by atoms with Crippen LogP contribution in [-0.4, -0.2) is 42.4 Å². The van der Waals surface area contributed by atoms with Crippen molar-refractivity contribution < 1.29 is 19.1 Å². The van der Waals surface area contributed by atoms with Gasteiger partial charge < -0.3 is 14.8 Å². The van der Waals surface area contributed by atoms with Gasteiger partial charge in [-0.1, -0.05) is 36.4 Å². The fraction of sp³-hybridized carbons (Fsp3) is 0.115. The largest absolute Gasteiger partial charge is 0.497 e. The molecule has 0 saturated carbocycles. The number of hydrogen-bond acceptors (Lipinski definition) is 7. The van der Waals surface area contributed by atoms with E-state index in [0.717, 1.165) is 0 Å². The zero-order valence-corrected chi connectivity index (χ0v) is 19.5. The smallest absolute Gasteiger partial charge is 0.272 e. The molecule has 4 rings (SSSR count). The Hall–Kier alpha value is -4.99. The molecule has 4 aromatic rings. The number of H-pyrrole nitrogens is 1. The molecule has 0 aliphatic heterocycles. The minimum atomic E-state index is -1.26. The molecular weight excluding hydrogens is 462 g/mol. The third kappa shape index (κ3) is 5.22. The molecule has 3 N–H and O–H groups in total. The second-order valence-electron chi connectivity index (χ2n) is 7.60. The molecule has 10 nitrogen and oxygen atoms in total. The fourth-order valence-corrected chi connectivity index (χ4v) is 3.57. The Bertz CT molecular complexity index is 1480. The van der Waals surface area contributed by atoms with Crippen LogP contribution in [0.2, 0.25) is 0 Å². The topological polar surface area (TPSA) is 135 Å². The Morgan fingerprint density at radius 2 is 1.69 bits per heavy atom. The van der Waals surface area contributed by atoms with Crippen molar-refractivity contribution in [3.63, 3.8) is 0 Å². The Morgan fingerprint density at radius 1 is 0.972 bits per heavy atom. The molecule has 0 aliphatic rings. The van der Waals surface area contributed by atoms with Crippen LogP contribution in [0.1, 0.15) is 27.7 Å². The Labute approximate surface area is 206 Å². The van der Waals surface area contributed by atoms with E-state index in [2.05, 4.69) is 26.0 Å². The number of aromatic amines is 1. The normalized spacial score (nSPS) is 11.7. The summed E-state index contributed by atoms with van der Waals surface area (Å²) in [7, 11) is 3.05. The predicted molar refractivity (Wildman–Crippen MR) is 134 cm³/mol. The van der Waals surface area contributed by atoms with Crippen molar-refractivity contribution in [2.24, 2.45) is 5.10 Å². The molecule has 10 heteroatoms. The van der Waals surface area contributed by atoms with Gasteiger partial charge in [0.15, 0.2) is 6.04 Å². The van der Waals surface area contributed by atoms with Gasteiger partial charge in [0.05, 0.1) is 25.8 Å². The highest BCUT2D eigenvalue weighted by atomic mass is 16.5. The number of benzene rings is 3. The van der Waals surface area contributed by atoms with E-state index in [1.165, 1.54) is 13.3 Å². The van der Waals surface area contributed by atoms with Gasteiger partial charge in [-0.05, 0) is 30.3 Å². The minimum absolute atomic E-state index is 0.171. The SMILES string of the molecule is COc1ccc(C=NNC(=O)[C@@H](NC(=O)c2ccccc2)c2n[nH]c(=O)c3ccccc23)c(OC)c1. The highest BCUT2D eigenvalue weighted by Gasteiger charge is 2.27. The molecule has 0 fully saturated rings. The maximum absolute atomic E-state index is 13.3. The maximum atomic E-state index is 13.3. The quantitative estimate of drug-likeness (QED) is 0.259. The molecule has 0 saturated heterocycles. The Balaban J connectivity index is 1.66. The van der Waals surface area contributed by atoms with Crippen LogP contribution in [0.4, 0.5) is 0 Å². The lowest BCUT2D eigenvalue weighted by Crippen LogP contribution is -2.40. The highest BCUT2D eigenvalue weighted by molar-refractivity contribution is 5.99. The molecule has 3 aromatic carbocycles. The van der Waals surface area contributed by atoms with Crippen LogP contribution in [0.3, 0.4) is 0 Å². The van der Waals surface area contributed by atoms with Crippen LogP contribution >= 0.6 is 0 Å². The maximum Gasteiger partial charge on any atom is 0.272 e. The average Bonchev–Trinajstić information content (AvgIpc) is 2.92. The number of carbonyl (C=O) groups is 2. The summed E-state index contributed by atoms with van der Waals surface area (Å²) in [6, 6.07) is 19.0. The number of carbonyl (C=O) groups excluding carboxylic acids is 2. The van der Waals surface area contributed by atoms with Gasteiger partial charge in [-0.15, -0.1) is 0 Å². The fourth-order valence-electron chi connectivity index (χ4n) is 3.57. The van der Waals surface area contributed by atoms with Crippen LogP contribution in [-0.2, 0) is 4.79 Å². The van der Waals surface area contributed by atoms with Gasteiger partial charge in [0.1, 0.15) is 17.2 Å². The molecule has 0 aliphatic carbocycles. The van der Waals surface area contributed by atoms with Crippen molar-refractivity contribution in [3.05, 3.63) is 100.0 Å². The van der Waals surface area contributed by atoms with Crippen molar-refractivity contribution in [3.8, 4) is 11.5 Å². The molecule has 0 spiro atoms. The van der Waals surface area contributed by atoms with Crippen molar-refractivity contribution >= 4 is 28.8 Å². The van der Waals surface area contributed by atoms with E-state index in [-0.39, 0.29) is 5.69 Å². The number of aromatic nitrogens is 2. The zero-order chi connectivity index (χ0) is 25.5. The van der Waals surface area contributed by atoms with Crippen molar-refractivity contribution in [1.82, 2.24) is 20.9 Å². The first kappa shape index (κ1) is 24.1. The molecular formula is C26H23N5O5. The van der Waals surface area contributed by atoms with Crippen LogP contribution in [0.15, 0.2) is 82.7 Å². The monoisotopic (exact) mass is 485 g/mol. The number of hydrazone groups is 1. The molecule has 1 aromatic heterocycles. The number of methoxy groups -OCH3 is 2. The average molecular weight is 486 g/mol. The minimum Gasteiger partial charge on any atom is -0.497 e. The standard InChI is InChI=1S/C26H23N5O5/c1-35-18-13-12-17(21(14-18)36-2)15-27-30-26(34)23(28-24(32)16-8-4-3-5-9-16)22-19-10-6-7-11-20(19)25(33)31-29-22/h3-15,23H,1-2H3,(H,28,32)(H,30,34)(H,31,33)/t23-/m0/s1. The first-order valence-corrected chi connectivity index (χ1v) is 10.9. The molecule has 36 heavy (non-hydrogen) atoms. The van der Waals surface area contributed by atoms with Crippen molar-refractivity contribution in [1.29, 1.82) is 0 Å². The summed E-state index contributed by atoms with van der Waals surface area (Å²) in [6.07, 6.45) is 1.41. The van der Waals surface area contributed by atoms with Crippen LogP contribution < -0.4 is 25.8 Å². The van der Waals surface area contributed by atoms with E-state index in [4.69, 9.17) is 9.47 Å². The van der Waals surface area contributed by atoms with Gasteiger partial charge >= 0.3 is 0 Å². The van der Waals surface area contributed by atoms with Gasteiger partial charge in [-0.2, -0.15) is 10.2 Å². The van der Waals surface area contributed by atoms with Gasteiger partial charge in [0.25, 0.3) is 17.4 Å². The molecule has 0 radical (unpaired) electrons. The summed E-state index contributed by atoms with van der Waals surface area (Å²) < 4.78 is 10.5. The van der Waals surface area contributed by atoms with Crippen molar-refractivity contribution in [2.75, 3.05) is 14.2 Å². The number of ether oxygens (including phenoxy) is 2. The van der Waals surface area contributed by atoms with Gasteiger partial charge in [-0.3, -0.25) is 14.4 Å². The first-order chi connectivity index (χ1) is 17.5. The molecule has 0 unspecified atom stereocenters. The van der Waals surface area contributed by atoms with Crippen LogP contribution in [0.25, 0.3) is 10.8 Å². The predicted octanol–water partition coefficient (Wildman–Crippen LogP) is 2.56. The summed E-state index contributed by atoms with van der Waals surface area (Å²) in [4.78, 5) is 38.4. The van der Waals surface area contributed by atoms with E-state index in [1.807, 2.05) is 0 Å². The lowest BCUT2D eigenvalue weighted by molar-refractivity contribution is -0.123.